The van der Waals surface area contributed by atoms with Crippen LogP contribution in [0.3, 0.4) is 0 Å². The second kappa shape index (κ2) is 5.55. The average molecular weight is 307 g/mol. The van der Waals surface area contributed by atoms with E-state index in [0.717, 1.165) is 24.2 Å². The summed E-state index contributed by atoms with van der Waals surface area (Å²) in [5.74, 6) is 0.623. The van der Waals surface area contributed by atoms with Gasteiger partial charge >= 0.3 is 0 Å². The van der Waals surface area contributed by atoms with Gasteiger partial charge in [0.15, 0.2) is 5.82 Å². The highest BCUT2D eigenvalue weighted by Gasteiger charge is 2.18. The molecule has 0 radical (unpaired) electrons. The number of benzene rings is 1. The molecule has 0 saturated heterocycles. The van der Waals surface area contributed by atoms with E-state index in [2.05, 4.69) is 20.1 Å². The lowest BCUT2D eigenvalue weighted by Crippen LogP contribution is -2.26. The Balaban J connectivity index is 1.66. The quantitative estimate of drug-likeness (QED) is 0.808. The predicted octanol–water partition coefficient (Wildman–Crippen LogP) is -0.0607. The molecule has 0 fully saturated rings. The number of sulfonamides is 1. The molecule has 21 heavy (non-hydrogen) atoms. The zero-order chi connectivity index (χ0) is 14.9. The van der Waals surface area contributed by atoms with Crippen LogP contribution in [-0.2, 0) is 36.6 Å². The molecule has 0 bridgehead atoms. The predicted molar refractivity (Wildman–Crippen MR) is 76.9 cm³/mol. The Bertz CT molecular complexity index is 754. The van der Waals surface area contributed by atoms with Crippen molar-refractivity contribution in [2.75, 3.05) is 6.54 Å². The molecule has 2 heterocycles. The molecular weight excluding hydrogens is 290 g/mol. The lowest BCUT2D eigenvalue weighted by molar-refractivity contribution is 0.580. The Kier molecular flexibility index (Phi) is 3.75. The van der Waals surface area contributed by atoms with Crippen LogP contribution in [0.1, 0.15) is 17.0 Å². The lowest BCUT2D eigenvalue weighted by Gasteiger charge is -2.07. The third-order valence-electron chi connectivity index (χ3n) is 3.41. The van der Waals surface area contributed by atoms with Gasteiger partial charge < -0.3 is 5.32 Å². The first-order chi connectivity index (χ1) is 10.0. The van der Waals surface area contributed by atoms with Gasteiger partial charge in [-0.2, -0.15) is 5.10 Å². The van der Waals surface area contributed by atoms with Crippen LogP contribution in [0.15, 0.2) is 29.4 Å². The fourth-order valence-corrected chi connectivity index (χ4v) is 3.40. The van der Waals surface area contributed by atoms with Gasteiger partial charge in [-0.3, -0.25) is 4.68 Å². The Hall–Kier alpha value is -1.77. The Morgan fingerprint density at radius 3 is 2.90 bits per heavy atom. The molecule has 0 unspecified atom stereocenters. The second-order valence-corrected chi connectivity index (χ2v) is 6.78. The van der Waals surface area contributed by atoms with Crippen LogP contribution < -0.4 is 10.0 Å². The van der Waals surface area contributed by atoms with E-state index in [-0.39, 0.29) is 6.54 Å². The van der Waals surface area contributed by atoms with Crippen LogP contribution in [0.25, 0.3) is 0 Å². The van der Waals surface area contributed by atoms with Gasteiger partial charge in [0.1, 0.15) is 6.33 Å². The summed E-state index contributed by atoms with van der Waals surface area (Å²) in [6.07, 6.45) is 2.06. The topological polar surface area (TPSA) is 88.9 Å². The van der Waals surface area contributed by atoms with Gasteiger partial charge in [0.2, 0.25) is 10.0 Å². The van der Waals surface area contributed by atoms with Crippen molar-refractivity contribution in [1.29, 1.82) is 0 Å². The number of hydrogen-bond acceptors (Lipinski definition) is 5. The molecule has 3 rings (SSSR count). The summed E-state index contributed by atoms with van der Waals surface area (Å²) in [6, 6.07) is 5.24. The highest BCUT2D eigenvalue weighted by Crippen LogP contribution is 2.19. The van der Waals surface area contributed by atoms with Gasteiger partial charge in [0.25, 0.3) is 0 Å². The molecule has 8 heteroatoms. The molecule has 112 valence electrons. The van der Waals surface area contributed by atoms with Crippen molar-refractivity contribution in [2.24, 2.45) is 7.05 Å². The van der Waals surface area contributed by atoms with Gasteiger partial charge in [-0.15, -0.1) is 0 Å². The maximum Gasteiger partial charge on any atom is 0.240 e. The van der Waals surface area contributed by atoms with Crippen molar-refractivity contribution in [3.8, 4) is 0 Å². The zero-order valence-corrected chi connectivity index (χ0v) is 12.5. The van der Waals surface area contributed by atoms with Crippen molar-refractivity contribution in [1.82, 2.24) is 24.8 Å². The molecule has 1 aromatic carbocycles. The molecule has 0 spiro atoms. The van der Waals surface area contributed by atoms with Crippen molar-refractivity contribution in [3.63, 3.8) is 0 Å². The summed E-state index contributed by atoms with van der Waals surface area (Å²) in [6.45, 7) is 1.80. The maximum absolute atomic E-state index is 12.2. The summed E-state index contributed by atoms with van der Waals surface area (Å²) in [4.78, 5) is 4.37. The molecule has 0 aliphatic carbocycles. The van der Waals surface area contributed by atoms with Crippen LogP contribution in [0.2, 0.25) is 0 Å². The first-order valence-corrected chi connectivity index (χ1v) is 8.19. The summed E-state index contributed by atoms with van der Waals surface area (Å²) >= 11 is 0. The van der Waals surface area contributed by atoms with E-state index in [1.807, 2.05) is 6.07 Å². The van der Waals surface area contributed by atoms with Crippen LogP contribution in [-0.4, -0.2) is 29.7 Å². The van der Waals surface area contributed by atoms with E-state index in [9.17, 15) is 8.42 Å². The molecule has 0 saturated carbocycles. The SMILES string of the molecule is Cn1cnc(CCNS(=O)(=O)c2ccc3c(c2)CNC3)n1. The molecule has 2 aromatic rings. The minimum atomic E-state index is -3.49. The smallest absolute Gasteiger partial charge is 0.240 e. The van der Waals surface area contributed by atoms with Gasteiger partial charge in [-0.1, -0.05) is 6.07 Å². The molecule has 2 N–H and O–H groups in total. The largest absolute Gasteiger partial charge is 0.309 e. The van der Waals surface area contributed by atoms with Crippen molar-refractivity contribution < 1.29 is 8.42 Å². The molecule has 1 aromatic heterocycles. The summed E-state index contributed by atoms with van der Waals surface area (Å²) in [5, 5.41) is 7.31. The highest BCUT2D eigenvalue weighted by atomic mass is 32.2. The zero-order valence-electron chi connectivity index (χ0n) is 11.7. The summed E-state index contributed by atoms with van der Waals surface area (Å²) in [5.41, 5.74) is 2.20. The fourth-order valence-electron chi connectivity index (χ4n) is 2.32. The van der Waals surface area contributed by atoms with Crippen molar-refractivity contribution in [3.05, 3.63) is 41.5 Å². The first-order valence-electron chi connectivity index (χ1n) is 6.71. The highest BCUT2D eigenvalue weighted by molar-refractivity contribution is 7.89. The molecule has 7 nitrogen and oxygen atoms in total. The Labute approximate surface area is 123 Å². The number of nitrogens with one attached hydrogen (secondary N) is 2. The molecule has 0 atom stereocenters. The minimum absolute atomic E-state index is 0.279. The van der Waals surface area contributed by atoms with E-state index < -0.39 is 10.0 Å². The summed E-state index contributed by atoms with van der Waals surface area (Å²) < 4.78 is 28.7. The van der Waals surface area contributed by atoms with Gasteiger partial charge in [-0.05, 0) is 23.3 Å². The van der Waals surface area contributed by atoms with Gasteiger partial charge in [0.05, 0.1) is 4.90 Å². The Morgan fingerprint density at radius 1 is 1.33 bits per heavy atom. The monoisotopic (exact) mass is 307 g/mol. The van der Waals surface area contributed by atoms with E-state index in [1.54, 1.807) is 30.2 Å². The molecule has 0 amide bonds. The third-order valence-corrected chi connectivity index (χ3v) is 4.87. The van der Waals surface area contributed by atoms with E-state index >= 15 is 0 Å². The van der Waals surface area contributed by atoms with Crippen LogP contribution in [0, 0.1) is 0 Å². The van der Waals surface area contributed by atoms with Crippen LogP contribution >= 0.6 is 0 Å². The maximum atomic E-state index is 12.2. The van der Waals surface area contributed by atoms with Crippen LogP contribution in [0.5, 0.6) is 0 Å². The molecular formula is C13H17N5O2S. The van der Waals surface area contributed by atoms with Gasteiger partial charge in [-0.25, -0.2) is 18.1 Å². The third kappa shape index (κ3) is 3.12. The molecule has 1 aliphatic heterocycles. The Morgan fingerprint density at radius 2 is 2.14 bits per heavy atom. The minimum Gasteiger partial charge on any atom is -0.309 e. The average Bonchev–Trinajstić information content (AvgIpc) is 3.06. The van der Waals surface area contributed by atoms with Crippen molar-refractivity contribution >= 4 is 10.0 Å². The number of fused-ring (bicyclic) bond motifs is 1. The lowest BCUT2D eigenvalue weighted by atomic mass is 10.1. The van der Waals surface area contributed by atoms with Crippen molar-refractivity contribution in [2.45, 2.75) is 24.4 Å². The fraction of sp³-hybridized carbons (Fsp3) is 0.385. The number of hydrogen-bond donors (Lipinski definition) is 2. The number of rotatable bonds is 5. The number of aromatic nitrogens is 3. The van der Waals surface area contributed by atoms with Crippen LogP contribution in [0.4, 0.5) is 0 Å². The normalized spacial score (nSPS) is 14.3. The molecule has 1 aliphatic rings. The van der Waals surface area contributed by atoms with E-state index in [0.29, 0.717) is 17.1 Å². The second-order valence-electron chi connectivity index (χ2n) is 5.02. The van der Waals surface area contributed by atoms with E-state index in [1.165, 1.54) is 0 Å². The number of aryl methyl sites for hydroxylation is 1. The van der Waals surface area contributed by atoms with E-state index in [4.69, 9.17) is 0 Å². The standard InChI is InChI=1S/C13H17N5O2S/c1-18-9-15-13(17-18)4-5-16-21(19,20)12-3-2-10-7-14-8-11(10)6-12/h2-3,6,9,14,16H,4-5,7-8H2,1H3. The number of nitrogens with zero attached hydrogens (tertiary/aromatic N) is 3. The van der Waals surface area contributed by atoms with Gasteiger partial charge in [0, 0.05) is 33.1 Å². The first kappa shape index (κ1) is 14.2. The summed E-state index contributed by atoms with van der Waals surface area (Å²) in [7, 11) is -1.71.